The molecule has 1 aromatic heterocycles. The van der Waals surface area contributed by atoms with E-state index in [0.717, 1.165) is 0 Å². The second-order valence-electron chi connectivity index (χ2n) is 3.50. The zero-order valence-corrected chi connectivity index (χ0v) is 9.58. The van der Waals surface area contributed by atoms with E-state index >= 15 is 0 Å². The SMILES string of the molecule is CNC(C)Oc1no[n+]([O-])c1-c1ccccc1. The summed E-state index contributed by atoms with van der Waals surface area (Å²) in [6.07, 6.45) is -0.262. The third-order valence-electron chi connectivity index (χ3n) is 2.33. The molecule has 2 rings (SSSR count). The number of nitrogens with one attached hydrogen (secondary N) is 1. The molecule has 0 saturated heterocycles. The summed E-state index contributed by atoms with van der Waals surface area (Å²) in [5.74, 6) is 0.174. The second-order valence-corrected chi connectivity index (χ2v) is 3.50. The van der Waals surface area contributed by atoms with Crippen LogP contribution in [-0.4, -0.2) is 18.4 Å². The summed E-state index contributed by atoms with van der Waals surface area (Å²) in [5, 5.41) is 18.0. The van der Waals surface area contributed by atoms with Crippen LogP contribution in [0.25, 0.3) is 11.3 Å². The highest BCUT2D eigenvalue weighted by molar-refractivity contribution is 5.60. The van der Waals surface area contributed by atoms with Crippen LogP contribution in [-0.2, 0) is 0 Å². The van der Waals surface area contributed by atoms with Gasteiger partial charge in [0.15, 0.2) is 6.23 Å². The summed E-state index contributed by atoms with van der Waals surface area (Å²) in [6, 6.07) is 9.10. The van der Waals surface area contributed by atoms with Gasteiger partial charge in [-0.05, 0) is 18.9 Å². The molecule has 6 nitrogen and oxygen atoms in total. The van der Waals surface area contributed by atoms with Crippen LogP contribution in [0.4, 0.5) is 0 Å². The normalized spacial score (nSPS) is 12.4. The maximum absolute atomic E-state index is 11.5. The van der Waals surface area contributed by atoms with Crippen molar-refractivity contribution >= 4 is 0 Å². The largest absolute Gasteiger partial charge is 0.436 e. The zero-order valence-electron chi connectivity index (χ0n) is 9.58. The van der Waals surface area contributed by atoms with Gasteiger partial charge < -0.3 is 9.94 Å². The number of ether oxygens (including phenoxy) is 1. The van der Waals surface area contributed by atoms with Gasteiger partial charge in [-0.2, -0.15) is 0 Å². The molecule has 0 amide bonds. The molecular formula is C11H13N3O3. The van der Waals surface area contributed by atoms with Crippen LogP contribution in [0.2, 0.25) is 0 Å². The van der Waals surface area contributed by atoms with Crippen LogP contribution in [0.5, 0.6) is 5.88 Å². The molecule has 0 fully saturated rings. The number of aromatic nitrogens is 2. The molecule has 1 aromatic carbocycles. The van der Waals surface area contributed by atoms with E-state index in [4.69, 9.17) is 4.74 Å². The topological polar surface area (TPSA) is 74.2 Å². The molecule has 1 atom stereocenters. The highest BCUT2D eigenvalue weighted by Gasteiger charge is 2.23. The Morgan fingerprint density at radius 1 is 1.41 bits per heavy atom. The third-order valence-corrected chi connectivity index (χ3v) is 2.33. The summed E-state index contributed by atoms with van der Waals surface area (Å²) in [4.78, 5) is 0.340. The van der Waals surface area contributed by atoms with Gasteiger partial charge in [-0.25, -0.2) is 0 Å². The number of benzene rings is 1. The first-order valence-electron chi connectivity index (χ1n) is 5.21. The third kappa shape index (κ3) is 2.36. The Balaban J connectivity index is 2.36. The van der Waals surface area contributed by atoms with E-state index in [1.165, 1.54) is 0 Å². The first-order valence-corrected chi connectivity index (χ1v) is 5.21. The average molecular weight is 235 g/mol. The Kier molecular flexibility index (Phi) is 3.24. The fraction of sp³-hybridized carbons (Fsp3) is 0.273. The minimum atomic E-state index is -0.262. The van der Waals surface area contributed by atoms with Crippen molar-refractivity contribution < 1.29 is 14.3 Å². The van der Waals surface area contributed by atoms with E-state index in [1.54, 1.807) is 26.1 Å². The Labute approximate surface area is 98.3 Å². The lowest BCUT2D eigenvalue weighted by Crippen LogP contribution is -2.29. The summed E-state index contributed by atoms with van der Waals surface area (Å²) in [6.45, 7) is 1.80. The molecule has 2 aromatic rings. The lowest BCUT2D eigenvalue weighted by Gasteiger charge is -2.08. The summed E-state index contributed by atoms with van der Waals surface area (Å²) >= 11 is 0. The van der Waals surface area contributed by atoms with Gasteiger partial charge in [-0.15, -0.1) is 0 Å². The molecule has 1 N–H and O–H groups in total. The van der Waals surface area contributed by atoms with E-state index in [0.29, 0.717) is 10.5 Å². The van der Waals surface area contributed by atoms with Crippen molar-refractivity contribution in [3.63, 3.8) is 0 Å². The van der Waals surface area contributed by atoms with Crippen molar-refractivity contribution in [2.75, 3.05) is 7.05 Å². The maximum Gasteiger partial charge on any atom is 0.404 e. The lowest BCUT2D eigenvalue weighted by molar-refractivity contribution is -0.793. The molecule has 0 spiro atoms. The van der Waals surface area contributed by atoms with Crippen LogP contribution in [0.3, 0.4) is 0 Å². The van der Waals surface area contributed by atoms with Gasteiger partial charge in [0.05, 0.1) is 5.16 Å². The number of nitrogens with zero attached hydrogens (tertiary/aromatic N) is 2. The van der Waals surface area contributed by atoms with E-state index in [-0.39, 0.29) is 17.8 Å². The Bertz CT molecular complexity index is 484. The quantitative estimate of drug-likeness (QED) is 0.630. The molecule has 0 aliphatic heterocycles. The van der Waals surface area contributed by atoms with Crippen molar-refractivity contribution in [2.24, 2.45) is 0 Å². The highest BCUT2D eigenvalue weighted by Crippen LogP contribution is 2.24. The van der Waals surface area contributed by atoms with Crippen LogP contribution in [0, 0.1) is 5.21 Å². The first-order chi connectivity index (χ1) is 8.22. The Hall–Kier alpha value is -2.08. The van der Waals surface area contributed by atoms with Gasteiger partial charge in [0, 0.05) is 5.56 Å². The zero-order chi connectivity index (χ0) is 12.3. The van der Waals surface area contributed by atoms with Gasteiger partial charge in [0.1, 0.15) is 0 Å². The smallest absolute Gasteiger partial charge is 0.404 e. The van der Waals surface area contributed by atoms with Crippen molar-refractivity contribution in [1.29, 1.82) is 0 Å². The van der Waals surface area contributed by atoms with Crippen LogP contribution < -0.4 is 15.0 Å². The molecule has 90 valence electrons. The number of hydrogen-bond acceptors (Lipinski definition) is 5. The number of hydrogen-bond donors (Lipinski definition) is 1. The van der Waals surface area contributed by atoms with Gasteiger partial charge >= 0.3 is 5.88 Å². The first kappa shape index (κ1) is 11.4. The molecule has 1 heterocycles. The van der Waals surface area contributed by atoms with Crippen LogP contribution >= 0.6 is 0 Å². The van der Waals surface area contributed by atoms with Gasteiger partial charge in [0.2, 0.25) is 0 Å². The van der Waals surface area contributed by atoms with Crippen molar-refractivity contribution in [2.45, 2.75) is 13.2 Å². The standard InChI is InChI=1S/C11H13N3O3/c1-8(12-2)16-11-10(14(15)17-13-11)9-6-4-3-5-7-9/h3-8,12H,1-2H3. The fourth-order valence-corrected chi connectivity index (χ4v) is 1.36. The van der Waals surface area contributed by atoms with E-state index < -0.39 is 0 Å². The maximum atomic E-state index is 11.5. The lowest BCUT2D eigenvalue weighted by atomic mass is 10.2. The molecule has 0 aliphatic rings. The molecule has 1 unspecified atom stereocenters. The average Bonchev–Trinajstić information content (AvgIpc) is 2.71. The summed E-state index contributed by atoms with van der Waals surface area (Å²) < 4.78 is 9.99. The van der Waals surface area contributed by atoms with Crippen molar-refractivity contribution in [3.8, 4) is 17.1 Å². The minimum Gasteiger partial charge on any atom is -0.436 e. The molecule has 0 saturated carbocycles. The molecular weight excluding hydrogens is 222 g/mol. The van der Waals surface area contributed by atoms with Gasteiger partial charge in [-0.3, -0.25) is 9.95 Å². The van der Waals surface area contributed by atoms with Crippen LogP contribution in [0.15, 0.2) is 35.0 Å². The molecule has 0 radical (unpaired) electrons. The monoisotopic (exact) mass is 235 g/mol. The fourth-order valence-electron chi connectivity index (χ4n) is 1.36. The molecule has 6 heteroatoms. The van der Waals surface area contributed by atoms with E-state index in [9.17, 15) is 5.21 Å². The summed E-state index contributed by atoms with van der Waals surface area (Å²) in [7, 11) is 1.75. The van der Waals surface area contributed by atoms with E-state index in [1.807, 2.05) is 18.2 Å². The van der Waals surface area contributed by atoms with Crippen LogP contribution in [0.1, 0.15) is 6.92 Å². The second kappa shape index (κ2) is 4.84. The van der Waals surface area contributed by atoms with Crippen molar-refractivity contribution in [1.82, 2.24) is 10.5 Å². The van der Waals surface area contributed by atoms with Gasteiger partial charge in [0.25, 0.3) is 5.69 Å². The predicted octanol–water partition coefficient (Wildman–Crippen LogP) is 0.919. The molecule has 0 aliphatic carbocycles. The van der Waals surface area contributed by atoms with Crippen molar-refractivity contribution in [3.05, 3.63) is 35.5 Å². The Morgan fingerprint density at radius 3 is 2.76 bits per heavy atom. The predicted molar refractivity (Wildman–Crippen MR) is 60.0 cm³/mol. The Morgan fingerprint density at radius 2 is 2.12 bits per heavy atom. The number of rotatable bonds is 4. The summed E-state index contributed by atoms with van der Waals surface area (Å²) in [5.41, 5.74) is 0.967. The van der Waals surface area contributed by atoms with E-state index in [2.05, 4.69) is 15.1 Å². The molecule has 17 heavy (non-hydrogen) atoms. The highest BCUT2D eigenvalue weighted by atomic mass is 16.8. The molecule has 0 bridgehead atoms. The minimum absolute atomic E-state index is 0.174. The van der Waals surface area contributed by atoms with Gasteiger partial charge in [-0.1, -0.05) is 30.3 Å².